The molecule has 3 aromatic rings. The highest BCUT2D eigenvalue weighted by Gasteiger charge is 2.17. The summed E-state index contributed by atoms with van der Waals surface area (Å²) in [5, 5.41) is 11.0. The van der Waals surface area contributed by atoms with E-state index in [1.165, 1.54) is 11.1 Å². The van der Waals surface area contributed by atoms with Gasteiger partial charge in [-0.1, -0.05) is 72.8 Å². The van der Waals surface area contributed by atoms with Gasteiger partial charge in [0.1, 0.15) is 5.75 Å². The highest BCUT2D eigenvalue weighted by Crippen LogP contribution is 2.29. The third kappa shape index (κ3) is 5.72. The molecule has 4 rings (SSSR count). The van der Waals surface area contributed by atoms with Crippen LogP contribution in [0.5, 0.6) is 5.75 Å². The average molecular weight is 417 g/mol. The summed E-state index contributed by atoms with van der Waals surface area (Å²) in [6.45, 7) is 5.70. The topological polar surface area (TPSA) is 53.0 Å². The molecule has 1 aliphatic heterocycles. The molecule has 0 unspecified atom stereocenters. The normalized spacial score (nSPS) is 15.5. The van der Waals surface area contributed by atoms with Gasteiger partial charge >= 0.3 is 5.97 Å². The first-order valence-corrected chi connectivity index (χ1v) is 10.7. The van der Waals surface area contributed by atoms with Gasteiger partial charge < -0.3 is 9.84 Å². The summed E-state index contributed by atoms with van der Waals surface area (Å²) in [5.41, 5.74) is 2.49. The zero-order valence-electron chi connectivity index (χ0n) is 17.6. The minimum atomic E-state index is -0.968. The van der Waals surface area contributed by atoms with Crippen LogP contribution in [0.2, 0.25) is 0 Å². The second kappa shape index (κ2) is 10.2. The number of carboxylic acids is 1. The molecule has 1 aliphatic rings. The maximum atomic E-state index is 10.9. The molecule has 0 bridgehead atoms. The molecule has 3 aromatic carbocycles. The van der Waals surface area contributed by atoms with E-state index in [9.17, 15) is 4.79 Å². The predicted molar refractivity (Wildman–Crippen MR) is 124 cm³/mol. The number of ether oxygens (including phenoxy) is 1. The fraction of sp³-hybridized carbons (Fsp3) is 0.269. The van der Waals surface area contributed by atoms with Crippen molar-refractivity contribution in [2.45, 2.75) is 6.54 Å². The van der Waals surface area contributed by atoms with Crippen molar-refractivity contribution in [2.24, 2.45) is 0 Å². The lowest BCUT2D eigenvalue weighted by atomic mass is 10.0. The molecular weight excluding hydrogens is 388 g/mol. The number of aliphatic carboxylic acids is 1. The summed E-state index contributed by atoms with van der Waals surface area (Å²) >= 11 is 0. The van der Waals surface area contributed by atoms with Crippen molar-refractivity contribution in [3.05, 3.63) is 83.9 Å². The Labute approximate surface area is 183 Å². The minimum absolute atomic E-state index is 0.329. The molecule has 160 valence electrons. The van der Waals surface area contributed by atoms with Gasteiger partial charge in [-0.25, -0.2) is 4.79 Å². The van der Waals surface area contributed by atoms with Gasteiger partial charge in [-0.3, -0.25) is 9.80 Å². The number of rotatable bonds is 8. The van der Waals surface area contributed by atoms with Gasteiger partial charge in [0.2, 0.25) is 0 Å². The monoisotopic (exact) mass is 416 g/mol. The van der Waals surface area contributed by atoms with E-state index in [1.54, 1.807) is 0 Å². The van der Waals surface area contributed by atoms with Crippen LogP contribution in [0, 0.1) is 0 Å². The Hall–Kier alpha value is -3.15. The fourth-order valence-electron chi connectivity index (χ4n) is 4.01. The molecule has 0 amide bonds. The number of carbonyl (C=O) groups is 1. The molecule has 1 N–H and O–H groups in total. The van der Waals surface area contributed by atoms with Crippen LogP contribution in [-0.2, 0) is 11.3 Å². The van der Waals surface area contributed by atoms with Crippen LogP contribution < -0.4 is 4.74 Å². The number of hydrogen-bond donors (Lipinski definition) is 1. The Morgan fingerprint density at radius 2 is 1.55 bits per heavy atom. The Balaban J connectivity index is 1.34. The number of hydrogen-bond acceptors (Lipinski definition) is 4. The third-order valence-corrected chi connectivity index (χ3v) is 5.66. The molecule has 0 aromatic heterocycles. The number of carboxylic acid groups (broad SMARTS) is 1. The van der Waals surface area contributed by atoms with E-state index in [-0.39, 0.29) is 6.61 Å². The van der Waals surface area contributed by atoms with E-state index in [0.717, 1.165) is 50.0 Å². The van der Waals surface area contributed by atoms with Crippen LogP contribution in [0.1, 0.15) is 11.1 Å². The highest BCUT2D eigenvalue weighted by atomic mass is 16.5. The molecule has 0 atom stereocenters. The second-order valence-electron chi connectivity index (χ2n) is 7.84. The van der Waals surface area contributed by atoms with Crippen molar-refractivity contribution in [2.75, 3.05) is 39.3 Å². The van der Waals surface area contributed by atoms with Crippen molar-refractivity contribution in [1.29, 1.82) is 0 Å². The van der Waals surface area contributed by atoms with Gasteiger partial charge in [-0.05, 0) is 22.6 Å². The zero-order chi connectivity index (χ0) is 21.5. The summed E-state index contributed by atoms with van der Waals surface area (Å²) < 4.78 is 5.48. The summed E-state index contributed by atoms with van der Waals surface area (Å²) in [7, 11) is 0. The lowest BCUT2D eigenvalue weighted by Crippen LogP contribution is -2.45. The molecule has 5 heteroatoms. The van der Waals surface area contributed by atoms with Crippen molar-refractivity contribution < 1.29 is 14.6 Å². The maximum absolute atomic E-state index is 10.9. The maximum Gasteiger partial charge on any atom is 0.341 e. The summed E-state index contributed by atoms with van der Waals surface area (Å²) in [4.78, 5) is 15.8. The number of fused-ring (bicyclic) bond motifs is 1. The van der Waals surface area contributed by atoms with Crippen LogP contribution in [-0.4, -0.2) is 60.2 Å². The van der Waals surface area contributed by atoms with Crippen LogP contribution in [0.3, 0.4) is 0 Å². The van der Waals surface area contributed by atoms with E-state index < -0.39 is 5.97 Å². The molecule has 1 saturated heterocycles. The number of benzene rings is 3. The second-order valence-corrected chi connectivity index (χ2v) is 7.84. The van der Waals surface area contributed by atoms with Gasteiger partial charge in [-0.15, -0.1) is 0 Å². The smallest absolute Gasteiger partial charge is 0.341 e. The summed E-state index contributed by atoms with van der Waals surface area (Å²) in [6.07, 6.45) is 4.43. The predicted octanol–water partition coefficient (Wildman–Crippen LogP) is 4.13. The molecular formula is C26H28N2O3. The van der Waals surface area contributed by atoms with Crippen LogP contribution >= 0.6 is 0 Å². The van der Waals surface area contributed by atoms with Crippen LogP contribution in [0.4, 0.5) is 0 Å². The van der Waals surface area contributed by atoms with Crippen molar-refractivity contribution in [3.8, 4) is 5.75 Å². The molecule has 31 heavy (non-hydrogen) atoms. The van der Waals surface area contributed by atoms with Gasteiger partial charge in [0.15, 0.2) is 6.61 Å². The molecule has 1 fully saturated rings. The Morgan fingerprint density at radius 1 is 0.871 bits per heavy atom. The third-order valence-electron chi connectivity index (χ3n) is 5.66. The van der Waals surface area contributed by atoms with Gasteiger partial charge in [0.05, 0.1) is 0 Å². The average Bonchev–Trinajstić information content (AvgIpc) is 2.80. The lowest BCUT2D eigenvalue weighted by Gasteiger charge is -2.34. The van der Waals surface area contributed by atoms with Gasteiger partial charge in [0.25, 0.3) is 0 Å². The van der Waals surface area contributed by atoms with E-state index in [4.69, 9.17) is 9.84 Å². The molecule has 1 heterocycles. The first kappa shape index (κ1) is 21.1. The number of nitrogens with zero attached hydrogens (tertiary/aromatic N) is 2. The SMILES string of the molecule is O=C(O)COc1ccc(CN2CCN(C/C=C/c3ccccc3)CC2)c2ccccc12. The largest absolute Gasteiger partial charge is 0.481 e. The summed E-state index contributed by atoms with van der Waals surface area (Å²) in [5.74, 6) is -0.346. The quantitative estimate of drug-likeness (QED) is 0.598. The van der Waals surface area contributed by atoms with Gasteiger partial charge in [-0.2, -0.15) is 0 Å². The van der Waals surface area contributed by atoms with E-state index in [2.05, 4.69) is 58.4 Å². The highest BCUT2D eigenvalue weighted by molar-refractivity contribution is 5.91. The van der Waals surface area contributed by atoms with Gasteiger partial charge in [0, 0.05) is 44.7 Å². The van der Waals surface area contributed by atoms with Crippen molar-refractivity contribution >= 4 is 22.8 Å². The van der Waals surface area contributed by atoms with Crippen LogP contribution in [0.25, 0.3) is 16.8 Å². The molecule has 0 saturated carbocycles. The summed E-state index contributed by atoms with van der Waals surface area (Å²) in [6, 6.07) is 22.4. The van der Waals surface area contributed by atoms with Crippen LogP contribution in [0.15, 0.2) is 72.8 Å². The molecule has 0 spiro atoms. The van der Waals surface area contributed by atoms with E-state index in [1.807, 2.05) is 30.3 Å². The minimum Gasteiger partial charge on any atom is -0.481 e. The van der Waals surface area contributed by atoms with E-state index >= 15 is 0 Å². The first-order chi connectivity index (χ1) is 15.2. The standard InChI is InChI=1S/C26H28N2O3/c29-26(30)20-31-25-13-12-22(23-10-4-5-11-24(23)25)19-28-17-15-27(16-18-28)14-6-9-21-7-2-1-3-8-21/h1-13H,14-20H2,(H,29,30)/b9-6+. The molecule has 5 nitrogen and oxygen atoms in total. The molecule has 0 radical (unpaired) electrons. The lowest BCUT2D eigenvalue weighted by molar-refractivity contribution is -0.139. The Bertz CT molecular complexity index is 1040. The Kier molecular flexibility index (Phi) is 6.97. The number of piperazine rings is 1. The Morgan fingerprint density at radius 3 is 2.29 bits per heavy atom. The zero-order valence-corrected chi connectivity index (χ0v) is 17.6. The molecule has 0 aliphatic carbocycles. The fourth-order valence-corrected chi connectivity index (χ4v) is 4.01. The van der Waals surface area contributed by atoms with E-state index in [0.29, 0.717) is 5.75 Å². The van der Waals surface area contributed by atoms with Crippen molar-refractivity contribution in [3.63, 3.8) is 0 Å². The van der Waals surface area contributed by atoms with Crippen molar-refractivity contribution in [1.82, 2.24) is 9.80 Å². The first-order valence-electron chi connectivity index (χ1n) is 10.7.